The lowest BCUT2D eigenvalue weighted by atomic mass is 10.3. The molecule has 0 saturated carbocycles. The van der Waals surface area contributed by atoms with E-state index in [-0.39, 0.29) is 0 Å². The molecule has 10 heavy (non-hydrogen) atoms. The molecule has 0 spiro atoms. The summed E-state index contributed by atoms with van der Waals surface area (Å²) in [5, 5.41) is 8.43. The number of rotatable bonds is 0. The average Bonchev–Trinajstić information content (AvgIpc) is 1.85. The Hall–Kier alpha value is -1.08. The van der Waals surface area contributed by atoms with Crippen LogP contribution >= 0.6 is 15.9 Å². The van der Waals surface area contributed by atoms with Gasteiger partial charge in [-0.1, -0.05) is 0 Å². The Balaban J connectivity index is 3.22. The Morgan fingerprint density at radius 1 is 1.60 bits per heavy atom. The molecule has 2 N–H and O–H groups in total. The summed E-state index contributed by atoms with van der Waals surface area (Å²) < 4.78 is 0.587. The Bertz CT molecular complexity index is 269. The molecular formula is C6H4BrN3. The molecule has 0 radical (unpaired) electrons. The molecule has 0 aliphatic carbocycles. The maximum atomic E-state index is 8.43. The molecular weight excluding hydrogens is 194 g/mol. The molecule has 0 saturated heterocycles. The van der Waals surface area contributed by atoms with Crippen molar-refractivity contribution in [2.45, 2.75) is 0 Å². The number of halogens is 1. The van der Waals surface area contributed by atoms with Gasteiger partial charge in [-0.2, -0.15) is 5.26 Å². The summed E-state index contributed by atoms with van der Waals surface area (Å²) >= 11 is 3.11. The fourth-order valence-corrected chi connectivity index (χ4v) is 1.03. The molecule has 0 bridgehead atoms. The van der Waals surface area contributed by atoms with Gasteiger partial charge in [-0.25, -0.2) is 4.98 Å². The number of nitriles is 1. The molecule has 0 atom stereocenters. The summed E-state index contributed by atoms with van der Waals surface area (Å²) in [6.45, 7) is 0. The quantitative estimate of drug-likeness (QED) is 0.639. The first-order valence-corrected chi connectivity index (χ1v) is 3.35. The second-order valence-electron chi connectivity index (χ2n) is 1.72. The normalized spacial score (nSPS) is 8.80. The number of nitrogens with zero attached hydrogens (tertiary/aromatic N) is 2. The summed E-state index contributed by atoms with van der Waals surface area (Å²) in [7, 11) is 0. The summed E-state index contributed by atoms with van der Waals surface area (Å²) in [5.41, 5.74) is 5.86. The van der Waals surface area contributed by atoms with E-state index in [4.69, 9.17) is 11.0 Å². The smallest absolute Gasteiger partial charge is 0.125 e. The maximum absolute atomic E-state index is 8.43. The number of anilines is 1. The van der Waals surface area contributed by atoms with Crippen molar-refractivity contribution >= 4 is 21.7 Å². The van der Waals surface area contributed by atoms with Gasteiger partial charge in [0.25, 0.3) is 0 Å². The molecule has 4 heteroatoms. The van der Waals surface area contributed by atoms with E-state index < -0.39 is 0 Å². The lowest BCUT2D eigenvalue weighted by Crippen LogP contribution is -1.90. The van der Waals surface area contributed by atoms with Crippen LogP contribution in [0.1, 0.15) is 5.56 Å². The second kappa shape index (κ2) is 2.67. The largest absolute Gasteiger partial charge is 0.384 e. The van der Waals surface area contributed by atoms with Crippen molar-refractivity contribution in [3.8, 4) is 6.07 Å². The van der Waals surface area contributed by atoms with E-state index in [0.717, 1.165) is 0 Å². The fraction of sp³-hybridized carbons (Fsp3) is 0. The predicted octanol–water partition coefficient (Wildman–Crippen LogP) is 1.30. The van der Waals surface area contributed by atoms with E-state index >= 15 is 0 Å². The van der Waals surface area contributed by atoms with Crippen molar-refractivity contribution in [2.75, 3.05) is 5.73 Å². The Kier molecular flexibility index (Phi) is 1.88. The number of pyridine rings is 1. The highest BCUT2D eigenvalue weighted by Gasteiger charge is 1.94. The third kappa shape index (κ3) is 1.45. The number of nitrogen functional groups attached to an aromatic ring is 1. The third-order valence-corrected chi connectivity index (χ3v) is 1.35. The molecule has 0 aliphatic heterocycles. The van der Waals surface area contributed by atoms with Crippen LogP contribution in [-0.2, 0) is 0 Å². The second-order valence-corrected chi connectivity index (χ2v) is 2.53. The van der Waals surface area contributed by atoms with E-state index in [0.29, 0.717) is 16.0 Å². The molecule has 1 aromatic heterocycles. The van der Waals surface area contributed by atoms with Gasteiger partial charge < -0.3 is 5.73 Å². The van der Waals surface area contributed by atoms with Gasteiger partial charge in [0, 0.05) is 0 Å². The van der Waals surface area contributed by atoms with Gasteiger partial charge in [0.05, 0.1) is 11.6 Å². The zero-order chi connectivity index (χ0) is 7.56. The van der Waals surface area contributed by atoms with E-state index in [9.17, 15) is 0 Å². The van der Waals surface area contributed by atoms with Crippen LogP contribution in [0.25, 0.3) is 0 Å². The number of hydrogen-bond donors (Lipinski definition) is 1. The van der Waals surface area contributed by atoms with Crippen LogP contribution in [0.2, 0.25) is 0 Å². The Labute approximate surface area is 66.6 Å². The highest BCUT2D eigenvalue weighted by Crippen LogP contribution is 2.11. The van der Waals surface area contributed by atoms with Crippen LogP contribution < -0.4 is 5.73 Å². The van der Waals surface area contributed by atoms with Crippen LogP contribution in [0.3, 0.4) is 0 Å². The molecule has 50 valence electrons. The number of aromatic nitrogens is 1. The van der Waals surface area contributed by atoms with Crippen LogP contribution in [0, 0.1) is 11.3 Å². The van der Waals surface area contributed by atoms with Crippen molar-refractivity contribution in [1.82, 2.24) is 4.98 Å². The van der Waals surface area contributed by atoms with Gasteiger partial charge in [-0.3, -0.25) is 0 Å². The first-order chi connectivity index (χ1) is 4.72. The summed E-state index contributed by atoms with van der Waals surface area (Å²) in [4.78, 5) is 3.83. The standard InChI is InChI=1S/C6H4BrN3/c7-5-1-4(3-8)2-6(9)10-5/h1-2H,(H2,9,10). The van der Waals surface area contributed by atoms with Gasteiger partial charge >= 0.3 is 0 Å². The van der Waals surface area contributed by atoms with Crippen LogP contribution in [0.15, 0.2) is 16.7 Å². The van der Waals surface area contributed by atoms with Gasteiger partial charge in [-0.05, 0) is 28.1 Å². The van der Waals surface area contributed by atoms with Crippen LogP contribution in [-0.4, -0.2) is 4.98 Å². The Morgan fingerprint density at radius 2 is 2.30 bits per heavy atom. The molecule has 0 aliphatic rings. The molecule has 1 heterocycles. The van der Waals surface area contributed by atoms with E-state index in [1.807, 2.05) is 6.07 Å². The summed E-state index contributed by atoms with van der Waals surface area (Å²) in [5.74, 6) is 0.353. The van der Waals surface area contributed by atoms with E-state index in [2.05, 4.69) is 20.9 Å². The number of nitrogens with two attached hydrogens (primary N) is 1. The van der Waals surface area contributed by atoms with Gasteiger partial charge in [0.2, 0.25) is 0 Å². The highest BCUT2D eigenvalue weighted by molar-refractivity contribution is 9.10. The molecule has 3 nitrogen and oxygen atoms in total. The van der Waals surface area contributed by atoms with Crippen molar-refractivity contribution < 1.29 is 0 Å². The zero-order valence-corrected chi connectivity index (χ0v) is 6.59. The lowest BCUT2D eigenvalue weighted by molar-refractivity contribution is 1.27. The van der Waals surface area contributed by atoms with Gasteiger partial charge in [0.15, 0.2) is 0 Å². The van der Waals surface area contributed by atoms with Crippen molar-refractivity contribution in [3.63, 3.8) is 0 Å². The zero-order valence-electron chi connectivity index (χ0n) is 5.00. The van der Waals surface area contributed by atoms with Crippen LogP contribution in [0.4, 0.5) is 5.82 Å². The topological polar surface area (TPSA) is 62.7 Å². The number of hydrogen-bond acceptors (Lipinski definition) is 3. The van der Waals surface area contributed by atoms with Crippen molar-refractivity contribution in [2.24, 2.45) is 0 Å². The van der Waals surface area contributed by atoms with Crippen LogP contribution in [0.5, 0.6) is 0 Å². The van der Waals surface area contributed by atoms with Gasteiger partial charge in [0.1, 0.15) is 10.4 Å². The first-order valence-electron chi connectivity index (χ1n) is 2.55. The van der Waals surface area contributed by atoms with E-state index in [1.54, 1.807) is 6.07 Å². The molecule has 1 rings (SSSR count). The molecule has 0 amide bonds. The minimum Gasteiger partial charge on any atom is -0.384 e. The summed E-state index contributed by atoms with van der Waals surface area (Å²) in [6, 6.07) is 5.08. The SMILES string of the molecule is N#Cc1cc(N)nc(Br)c1. The minimum absolute atomic E-state index is 0.353. The van der Waals surface area contributed by atoms with Crippen molar-refractivity contribution in [1.29, 1.82) is 5.26 Å². The fourth-order valence-electron chi connectivity index (χ4n) is 0.582. The maximum Gasteiger partial charge on any atom is 0.125 e. The first kappa shape index (κ1) is 7.03. The lowest BCUT2D eigenvalue weighted by Gasteiger charge is -1.93. The minimum atomic E-state index is 0.353. The van der Waals surface area contributed by atoms with E-state index in [1.165, 1.54) is 6.07 Å². The molecule has 0 aromatic carbocycles. The predicted molar refractivity (Wildman–Crippen MR) is 41.1 cm³/mol. The highest BCUT2D eigenvalue weighted by atomic mass is 79.9. The Morgan fingerprint density at radius 3 is 2.80 bits per heavy atom. The monoisotopic (exact) mass is 197 g/mol. The van der Waals surface area contributed by atoms with Crippen molar-refractivity contribution in [3.05, 3.63) is 22.3 Å². The molecule has 0 unspecified atom stereocenters. The van der Waals surface area contributed by atoms with Gasteiger partial charge in [-0.15, -0.1) is 0 Å². The average molecular weight is 198 g/mol. The summed E-state index contributed by atoms with van der Waals surface area (Å²) in [6.07, 6.45) is 0. The third-order valence-electron chi connectivity index (χ3n) is 0.943. The molecule has 1 aromatic rings. The molecule has 0 fully saturated rings.